The second kappa shape index (κ2) is 6.23. The van der Waals surface area contributed by atoms with E-state index in [0.717, 1.165) is 3.57 Å². The molecule has 0 heterocycles. The monoisotopic (exact) mass is 377 g/mol. The van der Waals surface area contributed by atoms with Gasteiger partial charge in [-0.15, -0.1) is 0 Å². The zero-order valence-electron chi connectivity index (χ0n) is 10.9. The van der Waals surface area contributed by atoms with E-state index < -0.39 is 23.6 Å². The number of aliphatic carboxylic acids is 1. The average molecular weight is 377 g/mol. The molecule has 0 aromatic heterocycles. The van der Waals surface area contributed by atoms with Gasteiger partial charge in [0.2, 0.25) is 6.04 Å². The minimum absolute atomic E-state index is 0.554. The van der Waals surface area contributed by atoms with Gasteiger partial charge >= 0.3 is 11.9 Å². The third-order valence-corrected chi connectivity index (χ3v) is 2.76. The average Bonchev–Trinajstić information content (AvgIpc) is 2.25. The molecule has 1 unspecified atom stereocenters. The van der Waals surface area contributed by atoms with Crippen LogP contribution in [0.15, 0.2) is 24.3 Å². The van der Waals surface area contributed by atoms with Crippen LogP contribution in [0.2, 0.25) is 0 Å². The fourth-order valence-electron chi connectivity index (χ4n) is 1.29. The summed E-state index contributed by atoms with van der Waals surface area (Å²) in [5, 5.41) is 11.7. The molecule has 0 fully saturated rings. The Bertz CT molecular complexity index is 465. The maximum Gasteiger partial charge on any atom is 0.340 e. The van der Waals surface area contributed by atoms with Crippen LogP contribution in [-0.4, -0.2) is 28.7 Å². The van der Waals surface area contributed by atoms with E-state index in [9.17, 15) is 9.59 Å². The smallest absolute Gasteiger partial charge is 0.340 e. The summed E-state index contributed by atoms with van der Waals surface area (Å²) in [5.41, 5.74) is -0.169. The van der Waals surface area contributed by atoms with Crippen molar-refractivity contribution in [3.63, 3.8) is 0 Å². The van der Waals surface area contributed by atoms with E-state index in [-0.39, 0.29) is 0 Å². The van der Waals surface area contributed by atoms with Gasteiger partial charge in [0, 0.05) is 9.26 Å². The van der Waals surface area contributed by atoms with Crippen LogP contribution >= 0.6 is 22.6 Å². The third-order valence-electron chi connectivity index (χ3n) is 2.04. The maximum absolute atomic E-state index is 11.8. The number of benzene rings is 1. The molecule has 0 saturated heterocycles. The molecular weight excluding hydrogens is 361 g/mol. The van der Waals surface area contributed by atoms with Gasteiger partial charge in [0.05, 0.1) is 0 Å². The van der Waals surface area contributed by atoms with Gasteiger partial charge in [0.25, 0.3) is 0 Å². The Kier molecular flexibility index (Phi) is 5.16. The van der Waals surface area contributed by atoms with Crippen molar-refractivity contribution in [2.75, 3.05) is 5.32 Å². The summed E-state index contributed by atoms with van der Waals surface area (Å²) in [4.78, 5) is 22.9. The standard InChI is InChI=1S/C13H16INO4/c1-13(2,3)19-12(18)10(11(16)17)15-9-6-4-8(14)5-7-9/h4-7,10,15H,1-3H3,(H,16,17). The summed E-state index contributed by atoms with van der Waals surface area (Å²) in [6, 6.07) is 5.64. The Labute approximate surface area is 125 Å². The number of rotatable bonds is 4. The zero-order valence-corrected chi connectivity index (χ0v) is 13.1. The molecular formula is C13H16INO4. The summed E-state index contributed by atoms with van der Waals surface area (Å²) >= 11 is 2.14. The molecule has 0 aliphatic rings. The molecule has 0 radical (unpaired) electrons. The molecule has 5 nitrogen and oxygen atoms in total. The zero-order chi connectivity index (χ0) is 14.6. The molecule has 6 heteroatoms. The quantitative estimate of drug-likeness (QED) is 0.479. The van der Waals surface area contributed by atoms with Crippen molar-refractivity contribution in [3.8, 4) is 0 Å². The van der Waals surface area contributed by atoms with E-state index in [1.54, 1.807) is 32.9 Å². The fraction of sp³-hybridized carbons (Fsp3) is 0.385. The highest BCUT2D eigenvalue weighted by molar-refractivity contribution is 14.1. The number of anilines is 1. The van der Waals surface area contributed by atoms with Crippen molar-refractivity contribution in [2.45, 2.75) is 32.4 Å². The lowest BCUT2D eigenvalue weighted by Crippen LogP contribution is -2.42. The van der Waals surface area contributed by atoms with E-state index in [1.807, 2.05) is 12.1 Å². The van der Waals surface area contributed by atoms with Crippen LogP contribution in [0.4, 0.5) is 5.69 Å². The van der Waals surface area contributed by atoms with Gasteiger partial charge in [0.1, 0.15) is 5.60 Å². The molecule has 1 atom stereocenters. The van der Waals surface area contributed by atoms with E-state index in [4.69, 9.17) is 9.84 Å². The molecule has 1 aromatic carbocycles. The van der Waals surface area contributed by atoms with Gasteiger partial charge in [0.15, 0.2) is 0 Å². The maximum atomic E-state index is 11.8. The Balaban J connectivity index is 2.81. The first-order chi connectivity index (χ1) is 8.69. The lowest BCUT2D eigenvalue weighted by atomic mass is 10.2. The van der Waals surface area contributed by atoms with Crippen LogP contribution in [0.3, 0.4) is 0 Å². The minimum Gasteiger partial charge on any atom is -0.479 e. The molecule has 1 rings (SSSR count). The molecule has 0 amide bonds. The molecule has 0 aliphatic heterocycles. The van der Waals surface area contributed by atoms with Gasteiger partial charge in [-0.2, -0.15) is 0 Å². The first kappa shape index (κ1) is 15.7. The highest BCUT2D eigenvalue weighted by Gasteiger charge is 2.31. The molecule has 19 heavy (non-hydrogen) atoms. The summed E-state index contributed by atoms with van der Waals surface area (Å²) in [6.45, 7) is 5.07. The molecule has 0 aliphatic carbocycles. The molecule has 0 saturated carbocycles. The first-order valence-corrected chi connectivity index (χ1v) is 6.75. The highest BCUT2D eigenvalue weighted by Crippen LogP contribution is 2.14. The number of carboxylic acids is 1. The molecule has 0 bridgehead atoms. The lowest BCUT2D eigenvalue weighted by Gasteiger charge is -2.23. The number of hydrogen-bond donors (Lipinski definition) is 2. The summed E-state index contributed by atoms with van der Waals surface area (Å²) < 4.78 is 6.09. The van der Waals surface area contributed by atoms with Crippen LogP contribution in [-0.2, 0) is 14.3 Å². The van der Waals surface area contributed by atoms with Crippen molar-refractivity contribution >= 4 is 40.2 Å². The number of halogens is 1. The second-order valence-corrected chi connectivity index (χ2v) is 6.20. The lowest BCUT2D eigenvalue weighted by molar-refractivity contribution is -0.160. The topological polar surface area (TPSA) is 75.6 Å². The van der Waals surface area contributed by atoms with Crippen molar-refractivity contribution in [3.05, 3.63) is 27.8 Å². The SMILES string of the molecule is CC(C)(C)OC(=O)C(Nc1ccc(I)cc1)C(=O)O. The number of esters is 1. The number of hydrogen-bond acceptors (Lipinski definition) is 4. The number of carboxylic acid groups (broad SMARTS) is 1. The van der Waals surface area contributed by atoms with Crippen LogP contribution < -0.4 is 5.32 Å². The van der Waals surface area contributed by atoms with Crippen LogP contribution in [0.1, 0.15) is 20.8 Å². The van der Waals surface area contributed by atoms with Crippen molar-refractivity contribution in [1.82, 2.24) is 0 Å². The van der Waals surface area contributed by atoms with Crippen LogP contribution in [0.25, 0.3) is 0 Å². The van der Waals surface area contributed by atoms with E-state index in [2.05, 4.69) is 27.9 Å². The number of nitrogens with one attached hydrogen (secondary N) is 1. The van der Waals surface area contributed by atoms with Crippen molar-refractivity contribution in [1.29, 1.82) is 0 Å². The van der Waals surface area contributed by atoms with Gasteiger partial charge in [-0.25, -0.2) is 9.59 Å². The Hall–Kier alpha value is -1.31. The number of carbonyl (C=O) groups is 2. The summed E-state index contributed by atoms with van der Waals surface area (Å²) in [5.74, 6) is -2.08. The second-order valence-electron chi connectivity index (χ2n) is 4.96. The first-order valence-electron chi connectivity index (χ1n) is 5.67. The van der Waals surface area contributed by atoms with Crippen LogP contribution in [0, 0.1) is 3.57 Å². The Morgan fingerprint density at radius 2 is 1.79 bits per heavy atom. The van der Waals surface area contributed by atoms with Crippen molar-refractivity contribution < 1.29 is 19.4 Å². The predicted molar refractivity (Wildman–Crippen MR) is 80.1 cm³/mol. The molecule has 1 aromatic rings. The van der Waals surface area contributed by atoms with Gasteiger partial charge < -0.3 is 15.2 Å². The largest absolute Gasteiger partial charge is 0.479 e. The molecule has 2 N–H and O–H groups in total. The molecule has 104 valence electrons. The van der Waals surface area contributed by atoms with Crippen LogP contribution in [0.5, 0.6) is 0 Å². The Morgan fingerprint density at radius 1 is 1.26 bits per heavy atom. The summed E-state index contributed by atoms with van der Waals surface area (Å²) in [6.07, 6.45) is 0. The van der Waals surface area contributed by atoms with E-state index in [1.165, 1.54) is 0 Å². The van der Waals surface area contributed by atoms with Crippen molar-refractivity contribution in [2.24, 2.45) is 0 Å². The molecule has 0 spiro atoms. The van der Waals surface area contributed by atoms with E-state index in [0.29, 0.717) is 5.69 Å². The predicted octanol–water partition coefficient (Wildman–Crippen LogP) is 2.50. The van der Waals surface area contributed by atoms with Gasteiger partial charge in [-0.1, -0.05) is 0 Å². The normalized spacial score (nSPS) is 12.6. The fourth-order valence-corrected chi connectivity index (χ4v) is 1.65. The van der Waals surface area contributed by atoms with E-state index >= 15 is 0 Å². The third kappa shape index (κ3) is 5.46. The summed E-state index contributed by atoms with van der Waals surface area (Å²) in [7, 11) is 0. The Morgan fingerprint density at radius 3 is 2.21 bits per heavy atom. The number of carbonyl (C=O) groups excluding carboxylic acids is 1. The van der Waals surface area contributed by atoms with Gasteiger partial charge in [-0.3, -0.25) is 0 Å². The minimum atomic E-state index is -1.42. The number of ether oxygens (including phenoxy) is 1. The van der Waals surface area contributed by atoms with Gasteiger partial charge in [-0.05, 0) is 67.6 Å². The highest BCUT2D eigenvalue weighted by atomic mass is 127.